The van der Waals surface area contributed by atoms with E-state index in [-0.39, 0.29) is 17.6 Å². The summed E-state index contributed by atoms with van der Waals surface area (Å²) in [4.78, 5) is 25.8. The maximum absolute atomic E-state index is 12.2. The number of aliphatic carboxylic acids is 1. The lowest BCUT2D eigenvalue weighted by atomic mass is 9.87. The number of alkyl halides is 3. The minimum Gasteiger partial charge on any atom is -0.475 e. The third-order valence-corrected chi connectivity index (χ3v) is 6.99. The summed E-state index contributed by atoms with van der Waals surface area (Å²) in [5.74, 6) is -2.72. The molecule has 4 heterocycles. The van der Waals surface area contributed by atoms with Crippen LogP contribution in [0.5, 0.6) is 0 Å². The number of piperidine rings is 1. The van der Waals surface area contributed by atoms with E-state index in [0.717, 1.165) is 43.8 Å². The monoisotopic (exact) mass is 476 g/mol. The fourth-order valence-corrected chi connectivity index (χ4v) is 5.06. The standard InChI is InChI=1S/C18H22N2O2S2.C2HF3O2/c21-17(16-4-2-10-24-16)19-14-11-18(22-13-14)5-7-20(8-6-18)12-15-3-1-9-23-15;3-2(4,5)1(6)7/h1-4,9-10,14H,5-8,11-13H2,(H,19,21);(H,6,7). The Hall–Kier alpha value is -1.95. The summed E-state index contributed by atoms with van der Waals surface area (Å²) in [6.07, 6.45) is -2.02. The number of ether oxygens (including phenoxy) is 1. The van der Waals surface area contributed by atoms with Crippen LogP contribution in [0.1, 0.15) is 33.8 Å². The normalized spacial score (nSPS) is 20.8. The number of hydrogen-bond acceptors (Lipinski definition) is 6. The Bertz CT molecular complexity index is 848. The third-order valence-electron chi connectivity index (χ3n) is 5.26. The van der Waals surface area contributed by atoms with Gasteiger partial charge in [0.1, 0.15) is 0 Å². The first-order chi connectivity index (χ1) is 14.7. The number of carbonyl (C=O) groups is 2. The minimum absolute atomic E-state index is 0.0284. The van der Waals surface area contributed by atoms with Gasteiger partial charge in [-0.1, -0.05) is 12.1 Å². The fraction of sp³-hybridized carbons (Fsp3) is 0.500. The number of carboxylic acids is 1. The van der Waals surface area contributed by atoms with E-state index in [4.69, 9.17) is 14.6 Å². The van der Waals surface area contributed by atoms with Crippen LogP contribution >= 0.6 is 22.7 Å². The highest BCUT2D eigenvalue weighted by molar-refractivity contribution is 7.12. The molecule has 4 rings (SSSR count). The molecule has 2 aliphatic rings. The molecule has 2 aromatic rings. The van der Waals surface area contributed by atoms with Crippen molar-refractivity contribution in [3.8, 4) is 0 Å². The molecule has 2 saturated heterocycles. The molecule has 2 fully saturated rings. The van der Waals surface area contributed by atoms with Crippen LogP contribution in [0.4, 0.5) is 13.2 Å². The number of carbonyl (C=O) groups excluding carboxylic acids is 1. The van der Waals surface area contributed by atoms with Crippen LogP contribution in [-0.4, -0.2) is 59.4 Å². The molecule has 0 aliphatic carbocycles. The molecular weight excluding hydrogens is 453 g/mol. The van der Waals surface area contributed by atoms with E-state index in [1.54, 1.807) is 0 Å². The summed E-state index contributed by atoms with van der Waals surface area (Å²) in [5, 5.41) is 14.3. The second kappa shape index (κ2) is 10.1. The molecule has 170 valence electrons. The first kappa shape index (κ1) is 23.7. The molecule has 0 aromatic carbocycles. The molecule has 0 radical (unpaired) electrons. The van der Waals surface area contributed by atoms with Gasteiger partial charge in [0.2, 0.25) is 0 Å². The summed E-state index contributed by atoms with van der Waals surface area (Å²) < 4.78 is 37.9. The SMILES string of the molecule is O=C(NC1COC2(CCN(Cc3cccs3)CC2)C1)c1cccs1.O=C(O)C(F)(F)F. The van der Waals surface area contributed by atoms with Crippen molar-refractivity contribution in [3.05, 3.63) is 44.8 Å². The summed E-state index contributed by atoms with van der Waals surface area (Å²) >= 11 is 3.31. The summed E-state index contributed by atoms with van der Waals surface area (Å²) in [7, 11) is 0. The van der Waals surface area contributed by atoms with Crippen molar-refractivity contribution in [1.82, 2.24) is 10.2 Å². The van der Waals surface area contributed by atoms with Gasteiger partial charge in [-0.2, -0.15) is 13.2 Å². The average Bonchev–Trinajstić information content (AvgIpc) is 3.47. The molecule has 1 atom stereocenters. The van der Waals surface area contributed by atoms with Crippen molar-refractivity contribution in [2.45, 2.75) is 43.6 Å². The smallest absolute Gasteiger partial charge is 0.475 e. The lowest BCUT2D eigenvalue weighted by Gasteiger charge is -2.38. The third kappa shape index (κ3) is 6.76. The molecule has 2 aromatic heterocycles. The number of hydrogen-bond donors (Lipinski definition) is 2. The highest BCUT2D eigenvalue weighted by atomic mass is 32.1. The largest absolute Gasteiger partial charge is 0.490 e. The van der Waals surface area contributed by atoms with Crippen LogP contribution in [-0.2, 0) is 16.1 Å². The van der Waals surface area contributed by atoms with Crippen molar-refractivity contribution in [3.63, 3.8) is 0 Å². The number of nitrogens with zero attached hydrogens (tertiary/aromatic N) is 1. The lowest BCUT2D eigenvalue weighted by molar-refractivity contribution is -0.192. The highest BCUT2D eigenvalue weighted by Gasteiger charge is 2.43. The Kier molecular flexibility index (Phi) is 7.73. The number of carboxylic acid groups (broad SMARTS) is 1. The predicted octanol–water partition coefficient (Wildman–Crippen LogP) is 4.00. The second-order valence-corrected chi connectivity index (χ2v) is 9.48. The molecule has 0 bridgehead atoms. The zero-order chi connectivity index (χ0) is 22.5. The molecule has 31 heavy (non-hydrogen) atoms. The maximum atomic E-state index is 12.2. The minimum atomic E-state index is -5.08. The number of nitrogens with one attached hydrogen (secondary N) is 1. The number of thiophene rings is 2. The van der Waals surface area contributed by atoms with Crippen molar-refractivity contribution in [2.75, 3.05) is 19.7 Å². The van der Waals surface area contributed by atoms with E-state index >= 15 is 0 Å². The van der Waals surface area contributed by atoms with Gasteiger partial charge in [0.25, 0.3) is 5.91 Å². The molecule has 1 unspecified atom stereocenters. The van der Waals surface area contributed by atoms with Crippen LogP contribution in [0.15, 0.2) is 35.0 Å². The van der Waals surface area contributed by atoms with Gasteiger partial charge in [-0.25, -0.2) is 4.79 Å². The van der Waals surface area contributed by atoms with Crippen molar-refractivity contribution in [2.24, 2.45) is 0 Å². The molecule has 2 aliphatic heterocycles. The van der Waals surface area contributed by atoms with Gasteiger partial charge in [-0.3, -0.25) is 9.69 Å². The molecule has 1 amide bonds. The van der Waals surface area contributed by atoms with Gasteiger partial charge in [0.15, 0.2) is 0 Å². The number of likely N-dealkylation sites (tertiary alicyclic amines) is 1. The molecule has 2 N–H and O–H groups in total. The molecule has 0 saturated carbocycles. The van der Waals surface area contributed by atoms with Crippen LogP contribution < -0.4 is 5.32 Å². The van der Waals surface area contributed by atoms with Crippen molar-refractivity contribution >= 4 is 34.6 Å². The zero-order valence-corrected chi connectivity index (χ0v) is 18.2. The Morgan fingerprint density at radius 1 is 1.19 bits per heavy atom. The number of amides is 1. The average molecular weight is 477 g/mol. The van der Waals surface area contributed by atoms with Gasteiger partial charge < -0.3 is 15.2 Å². The van der Waals surface area contributed by atoms with Crippen LogP contribution in [0.3, 0.4) is 0 Å². The highest BCUT2D eigenvalue weighted by Crippen LogP contribution is 2.36. The topological polar surface area (TPSA) is 78.9 Å². The summed E-state index contributed by atoms with van der Waals surface area (Å²) in [5.41, 5.74) is -0.0284. The Morgan fingerprint density at radius 3 is 2.39 bits per heavy atom. The van der Waals surface area contributed by atoms with Gasteiger partial charge in [-0.05, 0) is 42.2 Å². The van der Waals surface area contributed by atoms with E-state index in [0.29, 0.717) is 6.61 Å². The Morgan fingerprint density at radius 2 is 1.84 bits per heavy atom. The molecule has 11 heteroatoms. The predicted molar refractivity (Wildman–Crippen MR) is 111 cm³/mol. The van der Waals surface area contributed by atoms with Crippen molar-refractivity contribution in [1.29, 1.82) is 0 Å². The number of rotatable bonds is 4. The second-order valence-electron chi connectivity index (χ2n) is 7.50. The van der Waals surface area contributed by atoms with Gasteiger partial charge in [0.05, 0.1) is 23.1 Å². The molecular formula is C20H23F3N2O4S2. The van der Waals surface area contributed by atoms with E-state index < -0.39 is 12.1 Å². The Labute approximate surface area is 185 Å². The first-order valence-corrected chi connectivity index (χ1v) is 11.5. The quantitative estimate of drug-likeness (QED) is 0.698. The summed E-state index contributed by atoms with van der Waals surface area (Å²) in [6, 6.07) is 8.25. The van der Waals surface area contributed by atoms with Crippen LogP contribution in [0.25, 0.3) is 0 Å². The van der Waals surface area contributed by atoms with E-state index in [2.05, 4.69) is 27.7 Å². The van der Waals surface area contributed by atoms with Crippen LogP contribution in [0.2, 0.25) is 0 Å². The van der Waals surface area contributed by atoms with E-state index in [9.17, 15) is 18.0 Å². The zero-order valence-electron chi connectivity index (χ0n) is 16.6. The first-order valence-electron chi connectivity index (χ1n) is 9.70. The van der Waals surface area contributed by atoms with E-state index in [1.165, 1.54) is 16.2 Å². The maximum Gasteiger partial charge on any atom is 0.490 e. The molecule has 1 spiro atoms. The van der Waals surface area contributed by atoms with E-state index in [1.807, 2.05) is 28.8 Å². The fourth-order valence-electron chi connectivity index (χ4n) is 3.69. The number of halogens is 3. The van der Waals surface area contributed by atoms with Gasteiger partial charge in [-0.15, -0.1) is 22.7 Å². The lowest BCUT2D eigenvalue weighted by Crippen LogP contribution is -2.44. The van der Waals surface area contributed by atoms with Gasteiger partial charge in [0, 0.05) is 24.5 Å². The van der Waals surface area contributed by atoms with Crippen molar-refractivity contribution < 1.29 is 32.6 Å². The summed E-state index contributed by atoms with van der Waals surface area (Å²) in [6.45, 7) is 3.83. The van der Waals surface area contributed by atoms with Gasteiger partial charge >= 0.3 is 12.1 Å². The molecule has 6 nitrogen and oxygen atoms in total. The Balaban J connectivity index is 0.000000339. The van der Waals surface area contributed by atoms with Crippen LogP contribution in [0, 0.1) is 0 Å².